The first-order valence-electron chi connectivity index (χ1n) is 10.1. The van der Waals surface area contributed by atoms with Gasteiger partial charge in [0.2, 0.25) is 5.95 Å². The third-order valence-corrected chi connectivity index (χ3v) is 6.00. The van der Waals surface area contributed by atoms with Crippen LogP contribution >= 0.6 is 0 Å². The van der Waals surface area contributed by atoms with Crippen molar-refractivity contribution in [2.24, 2.45) is 0 Å². The second-order valence-corrected chi connectivity index (χ2v) is 7.98. The number of carbonyl (C=O) groups is 1. The van der Waals surface area contributed by atoms with Crippen LogP contribution in [0, 0.1) is 5.82 Å². The number of nitrogens with zero attached hydrogens (tertiary/aromatic N) is 5. The number of imidazole rings is 1. The first-order valence-corrected chi connectivity index (χ1v) is 10.1. The number of nitrogen functional groups attached to an aromatic ring is 1. The average Bonchev–Trinajstić information content (AvgIpc) is 3.47. The number of hydrogen-bond donors (Lipinski definition) is 4. The maximum Gasteiger partial charge on any atom is 0.335 e. The second kappa shape index (κ2) is 7.65. The molecule has 5 rings (SSSR count). The molecule has 2 aliphatic heterocycles. The van der Waals surface area contributed by atoms with Crippen molar-refractivity contribution in [2.75, 3.05) is 23.7 Å². The Kier molecular flexibility index (Phi) is 4.92. The highest BCUT2D eigenvalue weighted by Gasteiger charge is 2.48. The van der Waals surface area contributed by atoms with Gasteiger partial charge in [-0.15, -0.1) is 0 Å². The number of nitrogens with two attached hydrogens (primary N) is 1. The summed E-state index contributed by atoms with van der Waals surface area (Å²) in [5.41, 5.74) is 7.63. The largest absolute Gasteiger partial charge is 0.479 e. The van der Waals surface area contributed by atoms with E-state index in [-0.39, 0.29) is 28.7 Å². The highest BCUT2D eigenvalue weighted by atomic mass is 19.1. The standard InChI is InChI=1S/C20H21FN6O5/c21-11-3-1-9(2-4-11)10-5-6-26(7-10)20-24-16(22)12-17(25-20)27(8-23-12)18-14(29)13(28)15(32-18)19(30)31/h1-4,8,10,13-15,18,28-29H,5-7H2,(H,30,31)(H2,22,24,25)/t10-,13+,14-,15+,18+/m0/s1. The summed E-state index contributed by atoms with van der Waals surface area (Å²) in [6, 6.07) is 6.39. The number of rotatable bonds is 4. The molecule has 32 heavy (non-hydrogen) atoms. The van der Waals surface area contributed by atoms with Crippen LogP contribution in [0.5, 0.6) is 0 Å². The van der Waals surface area contributed by atoms with Gasteiger partial charge in [-0.3, -0.25) is 4.57 Å². The third-order valence-electron chi connectivity index (χ3n) is 6.00. The number of anilines is 2. The van der Waals surface area contributed by atoms with E-state index in [0.717, 1.165) is 12.0 Å². The van der Waals surface area contributed by atoms with Crippen molar-refractivity contribution < 1.29 is 29.2 Å². The first kappa shape index (κ1) is 20.5. The molecule has 0 unspecified atom stereocenters. The molecule has 0 radical (unpaired) electrons. The van der Waals surface area contributed by atoms with Crippen LogP contribution in [0.15, 0.2) is 30.6 Å². The van der Waals surface area contributed by atoms with E-state index in [9.17, 15) is 24.5 Å². The SMILES string of the molecule is Nc1nc(N2CC[C@H](c3ccc(F)cc3)C2)nc2c1ncn2[C@@H]1O[C@@H](C(=O)O)[C@H](O)[C@@H]1O. The maximum absolute atomic E-state index is 13.2. The molecule has 0 bridgehead atoms. The Bertz CT molecular complexity index is 1170. The van der Waals surface area contributed by atoms with E-state index < -0.39 is 30.5 Å². The van der Waals surface area contributed by atoms with Crippen LogP contribution in [0.2, 0.25) is 0 Å². The number of carboxylic acid groups (broad SMARTS) is 1. The summed E-state index contributed by atoms with van der Waals surface area (Å²) in [6.07, 6.45) is -3.75. The number of carboxylic acids is 1. The van der Waals surface area contributed by atoms with Gasteiger partial charge in [0.15, 0.2) is 23.8 Å². The Hall–Kier alpha value is -3.35. The molecule has 4 heterocycles. The zero-order chi connectivity index (χ0) is 22.6. The van der Waals surface area contributed by atoms with Gasteiger partial charge in [0, 0.05) is 19.0 Å². The molecule has 1 aromatic carbocycles. The number of aliphatic hydroxyl groups excluding tert-OH is 2. The van der Waals surface area contributed by atoms with E-state index in [1.165, 1.54) is 23.0 Å². The lowest BCUT2D eigenvalue weighted by atomic mass is 9.99. The molecular weight excluding hydrogens is 423 g/mol. The summed E-state index contributed by atoms with van der Waals surface area (Å²) in [5, 5.41) is 29.6. The number of benzene rings is 1. The first-order chi connectivity index (χ1) is 15.3. The summed E-state index contributed by atoms with van der Waals surface area (Å²) < 4.78 is 20.0. The quantitative estimate of drug-likeness (QED) is 0.439. The molecule has 2 aromatic heterocycles. The summed E-state index contributed by atoms with van der Waals surface area (Å²) in [4.78, 5) is 26.3. The minimum absolute atomic E-state index is 0.122. The van der Waals surface area contributed by atoms with Crippen molar-refractivity contribution in [1.82, 2.24) is 19.5 Å². The number of fused-ring (bicyclic) bond motifs is 1. The third kappa shape index (κ3) is 3.32. The maximum atomic E-state index is 13.2. The lowest BCUT2D eigenvalue weighted by Gasteiger charge is -2.19. The van der Waals surface area contributed by atoms with Gasteiger partial charge in [-0.2, -0.15) is 9.97 Å². The number of halogens is 1. The molecule has 0 amide bonds. The van der Waals surface area contributed by atoms with Gasteiger partial charge in [-0.25, -0.2) is 14.2 Å². The van der Waals surface area contributed by atoms with Crippen LogP contribution in [-0.2, 0) is 9.53 Å². The molecule has 0 spiro atoms. The van der Waals surface area contributed by atoms with Gasteiger partial charge in [0.25, 0.3) is 0 Å². The fourth-order valence-electron chi connectivity index (χ4n) is 4.30. The van der Waals surface area contributed by atoms with Gasteiger partial charge in [-0.1, -0.05) is 12.1 Å². The normalized spacial score (nSPS) is 28.0. The zero-order valence-corrected chi connectivity index (χ0v) is 16.7. The van der Waals surface area contributed by atoms with Crippen molar-refractivity contribution >= 4 is 28.9 Å². The lowest BCUT2D eigenvalue weighted by Crippen LogP contribution is -2.35. The van der Waals surface area contributed by atoms with Crippen LogP contribution in [0.3, 0.4) is 0 Å². The van der Waals surface area contributed by atoms with E-state index in [0.29, 0.717) is 19.0 Å². The number of aliphatic carboxylic acids is 1. The fourth-order valence-corrected chi connectivity index (χ4v) is 4.30. The van der Waals surface area contributed by atoms with Crippen molar-refractivity contribution in [1.29, 1.82) is 0 Å². The van der Waals surface area contributed by atoms with Crippen LogP contribution in [0.25, 0.3) is 11.2 Å². The monoisotopic (exact) mass is 444 g/mol. The van der Waals surface area contributed by atoms with Gasteiger partial charge in [0.05, 0.1) is 6.33 Å². The highest BCUT2D eigenvalue weighted by molar-refractivity contribution is 5.83. The number of hydrogen-bond acceptors (Lipinski definition) is 9. The van der Waals surface area contributed by atoms with E-state index in [1.54, 1.807) is 12.1 Å². The van der Waals surface area contributed by atoms with Gasteiger partial charge < -0.3 is 30.7 Å². The molecule has 2 saturated heterocycles. The molecule has 12 heteroatoms. The Morgan fingerprint density at radius 3 is 2.62 bits per heavy atom. The van der Waals surface area contributed by atoms with Gasteiger partial charge in [-0.05, 0) is 24.1 Å². The predicted octanol–water partition coefficient (Wildman–Crippen LogP) is 0.245. The topological polar surface area (TPSA) is 160 Å². The van der Waals surface area contributed by atoms with E-state index >= 15 is 0 Å². The summed E-state index contributed by atoms with van der Waals surface area (Å²) >= 11 is 0. The Balaban J connectivity index is 1.45. The summed E-state index contributed by atoms with van der Waals surface area (Å²) in [5.74, 6) is -1.03. The minimum atomic E-state index is -1.61. The molecule has 2 aliphatic rings. The fraction of sp³-hybridized carbons (Fsp3) is 0.400. The van der Waals surface area contributed by atoms with Gasteiger partial charge >= 0.3 is 5.97 Å². The van der Waals surface area contributed by atoms with Crippen LogP contribution < -0.4 is 10.6 Å². The molecule has 0 saturated carbocycles. The highest BCUT2D eigenvalue weighted by Crippen LogP contribution is 2.34. The molecule has 5 atom stereocenters. The zero-order valence-electron chi connectivity index (χ0n) is 16.7. The Morgan fingerprint density at radius 1 is 1.19 bits per heavy atom. The summed E-state index contributed by atoms with van der Waals surface area (Å²) in [7, 11) is 0. The Labute approximate surface area is 180 Å². The Morgan fingerprint density at radius 2 is 1.94 bits per heavy atom. The molecule has 0 aliphatic carbocycles. The van der Waals surface area contributed by atoms with Crippen molar-refractivity contribution in [3.05, 3.63) is 42.0 Å². The van der Waals surface area contributed by atoms with Crippen molar-refractivity contribution in [3.8, 4) is 0 Å². The number of aliphatic hydroxyl groups is 2. The predicted molar refractivity (Wildman–Crippen MR) is 109 cm³/mol. The van der Waals surface area contributed by atoms with E-state index in [1.807, 2.05) is 4.90 Å². The van der Waals surface area contributed by atoms with Crippen LogP contribution in [0.4, 0.5) is 16.2 Å². The molecule has 11 nitrogen and oxygen atoms in total. The number of ether oxygens (including phenoxy) is 1. The lowest BCUT2D eigenvalue weighted by molar-refractivity contribution is -0.155. The van der Waals surface area contributed by atoms with Crippen molar-refractivity contribution in [2.45, 2.75) is 36.9 Å². The molecular formula is C20H21FN6O5. The average molecular weight is 444 g/mol. The van der Waals surface area contributed by atoms with E-state index in [4.69, 9.17) is 10.5 Å². The molecule has 168 valence electrons. The smallest absolute Gasteiger partial charge is 0.335 e. The summed E-state index contributed by atoms with van der Waals surface area (Å²) in [6.45, 7) is 1.26. The second-order valence-electron chi connectivity index (χ2n) is 7.98. The minimum Gasteiger partial charge on any atom is -0.479 e. The molecule has 5 N–H and O–H groups in total. The number of aromatic nitrogens is 4. The van der Waals surface area contributed by atoms with Gasteiger partial charge in [0.1, 0.15) is 23.5 Å². The van der Waals surface area contributed by atoms with Crippen molar-refractivity contribution in [3.63, 3.8) is 0 Å². The van der Waals surface area contributed by atoms with Crippen LogP contribution in [0.1, 0.15) is 24.1 Å². The van der Waals surface area contributed by atoms with Crippen LogP contribution in [-0.4, -0.2) is 72.2 Å². The molecule has 3 aromatic rings. The molecule has 2 fully saturated rings. The van der Waals surface area contributed by atoms with E-state index in [2.05, 4.69) is 15.0 Å².